The first kappa shape index (κ1) is 22.2. The number of hydrogen-bond donors (Lipinski definition) is 3. The highest BCUT2D eigenvalue weighted by molar-refractivity contribution is 7.14. The summed E-state index contributed by atoms with van der Waals surface area (Å²) in [5, 5.41) is 17.1. The number of thiazole rings is 1. The van der Waals surface area contributed by atoms with Gasteiger partial charge < -0.3 is 15.2 Å². The molecule has 2 aromatic carbocycles. The van der Waals surface area contributed by atoms with Gasteiger partial charge in [-0.1, -0.05) is 11.6 Å². The standard InChI is InChI=1S/C22H22FN3O4S/c1-12(2)30-19-7-5-14(23)9-17(19)25-20(28)10-15-11-31-22(24-15)26-21(29)16-8-13(3)4-6-18(16)27/h4-9,11-12,27H,10H2,1-3H3,(H,25,28)(H,24,26,29). The monoisotopic (exact) mass is 443 g/mol. The van der Waals surface area contributed by atoms with E-state index in [0.29, 0.717) is 16.6 Å². The number of halogens is 1. The third kappa shape index (κ3) is 6.02. The van der Waals surface area contributed by atoms with Gasteiger partial charge in [-0.25, -0.2) is 9.37 Å². The summed E-state index contributed by atoms with van der Waals surface area (Å²) < 4.78 is 19.2. The Hall–Kier alpha value is -3.46. The van der Waals surface area contributed by atoms with E-state index in [1.54, 1.807) is 17.5 Å². The fourth-order valence-electron chi connectivity index (χ4n) is 2.76. The Morgan fingerprint density at radius 3 is 2.71 bits per heavy atom. The fourth-order valence-corrected chi connectivity index (χ4v) is 3.46. The molecule has 0 unspecified atom stereocenters. The van der Waals surface area contributed by atoms with Gasteiger partial charge in [0.25, 0.3) is 5.91 Å². The number of amides is 2. The molecule has 0 aliphatic carbocycles. The van der Waals surface area contributed by atoms with Crippen molar-refractivity contribution in [3.8, 4) is 11.5 Å². The van der Waals surface area contributed by atoms with Crippen molar-refractivity contribution in [3.63, 3.8) is 0 Å². The average Bonchev–Trinajstić information content (AvgIpc) is 3.12. The summed E-state index contributed by atoms with van der Waals surface area (Å²) >= 11 is 1.16. The molecule has 3 aromatic rings. The molecule has 162 valence electrons. The van der Waals surface area contributed by atoms with Crippen LogP contribution in [0.1, 0.15) is 35.5 Å². The number of nitrogens with zero attached hydrogens (tertiary/aromatic N) is 1. The van der Waals surface area contributed by atoms with Crippen molar-refractivity contribution in [2.45, 2.75) is 33.3 Å². The predicted molar refractivity (Wildman–Crippen MR) is 117 cm³/mol. The largest absolute Gasteiger partial charge is 0.507 e. The Balaban J connectivity index is 1.65. The topological polar surface area (TPSA) is 101 Å². The average molecular weight is 444 g/mol. The van der Waals surface area contributed by atoms with Crippen LogP contribution in [0.2, 0.25) is 0 Å². The van der Waals surface area contributed by atoms with Gasteiger partial charge in [0, 0.05) is 11.4 Å². The van der Waals surface area contributed by atoms with Crippen LogP contribution in [0.3, 0.4) is 0 Å². The van der Waals surface area contributed by atoms with E-state index < -0.39 is 17.6 Å². The number of nitrogens with one attached hydrogen (secondary N) is 2. The molecule has 2 amide bonds. The number of carbonyl (C=O) groups excluding carboxylic acids is 2. The predicted octanol–water partition coefficient (Wildman–Crippen LogP) is 4.52. The van der Waals surface area contributed by atoms with Crippen LogP contribution in [0.4, 0.5) is 15.2 Å². The molecule has 31 heavy (non-hydrogen) atoms. The molecule has 0 saturated heterocycles. The van der Waals surface area contributed by atoms with Crippen LogP contribution in [-0.2, 0) is 11.2 Å². The highest BCUT2D eigenvalue weighted by Crippen LogP contribution is 2.27. The van der Waals surface area contributed by atoms with Crippen LogP contribution < -0.4 is 15.4 Å². The maximum Gasteiger partial charge on any atom is 0.261 e. The molecular formula is C22H22FN3O4S. The van der Waals surface area contributed by atoms with Gasteiger partial charge in [-0.2, -0.15) is 0 Å². The summed E-state index contributed by atoms with van der Waals surface area (Å²) in [5.41, 5.74) is 1.64. The second kappa shape index (κ2) is 9.57. The molecule has 1 aromatic heterocycles. The first-order chi connectivity index (χ1) is 14.7. The Morgan fingerprint density at radius 1 is 1.19 bits per heavy atom. The molecule has 0 atom stereocenters. The van der Waals surface area contributed by atoms with Crippen molar-refractivity contribution in [2.24, 2.45) is 0 Å². The van der Waals surface area contributed by atoms with E-state index in [4.69, 9.17) is 4.74 Å². The van der Waals surface area contributed by atoms with Crippen molar-refractivity contribution >= 4 is 34.0 Å². The molecule has 3 N–H and O–H groups in total. The number of hydrogen-bond acceptors (Lipinski definition) is 6. The Bertz CT molecular complexity index is 1110. The second-order valence-electron chi connectivity index (χ2n) is 7.15. The zero-order valence-electron chi connectivity index (χ0n) is 17.2. The molecule has 0 aliphatic rings. The number of aromatic nitrogens is 1. The molecule has 0 aliphatic heterocycles. The number of benzene rings is 2. The smallest absolute Gasteiger partial charge is 0.261 e. The number of phenols is 1. The highest BCUT2D eigenvalue weighted by Gasteiger charge is 2.16. The molecule has 0 spiro atoms. The van der Waals surface area contributed by atoms with Crippen LogP contribution >= 0.6 is 11.3 Å². The molecular weight excluding hydrogens is 421 g/mol. The molecule has 3 rings (SSSR count). The van der Waals surface area contributed by atoms with Crippen molar-refractivity contribution < 1.29 is 23.8 Å². The minimum atomic E-state index is -0.498. The lowest BCUT2D eigenvalue weighted by molar-refractivity contribution is -0.115. The van der Waals surface area contributed by atoms with Crippen molar-refractivity contribution in [2.75, 3.05) is 10.6 Å². The summed E-state index contributed by atoms with van der Waals surface area (Å²) in [5.74, 6) is -1.16. The van der Waals surface area contributed by atoms with Gasteiger partial charge in [0.05, 0.1) is 29.5 Å². The molecule has 0 saturated carbocycles. The minimum Gasteiger partial charge on any atom is -0.507 e. The summed E-state index contributed by atoms with van der Waals surface area (Å²) in [7, 11) is 0. The van der Waals surface area contributed by atoms with Crippen molar-refractivity contribution in [1.82, 2.24) is 4.98 Å². The zero-order chi connectivity index (χ0) is 22.5. The van der Waals surface area contributed by atoms with Gasteiger partial charge >= 0.3 is 0 Å². The van der Waals surface area contributed by atoms with E-state index in [1.807, 2.05) is 20.8 Å². The van der Waals surface area contributed by atoms with E-state index in [0.717, 1.165) is 16.9 Å². The number of rotatable bonds is 7. The number of anilines is 2. The van der Waals surface area contributed by atoms with Gasteiger partial charge in [-0.3, -0.25) is 14.9 Å². The summed E-state index contributed by atoms with van der Waals surface area (Å²) in [6.07, 6.45) is -0.210. The lowest BCUT2D eigenvalue weighted by Crippen LogP contribution is -2.17. The van der Waals surface area contributed by atoms with E-state index in [-0.39, 0.29) is 29.5 Å². The first-order valence-corrected chi connectivity index (χ1v) is 10.4. The number of phenolic OH excluding ortho intramolecular Hbond substituents is 1. The lowest BCUT2D eigenvalue weighted by atomic mass is 10.1. The van der Waals surface area contributed by atoms with Gasteiger partial charge in [-0.05, 0) is 45.0 Å². The Kier molecular flexibility index (Phi) is 6.86. The number of ether oxygens (including phenoxy) is 1. The van der Waals surface area contributed by atoms with Crippen LogP contribution in [-0.4, -0.2) is 28.0 Å². The SMILES string of the molecule is Cc1ccc(O)c(C(=O)Nc2nc(CC(=O)Nc3cc(F)ccc3OC(C)C)cs2)c1. The first-order valence-electron chi connectivity index (χ1n) is 9.52. The number of carbonyl (C=O) groups is 2. The third-order valence-corrected chi connectivity index (χ3v) is 4.90. The maximum atomic E-state index is 13.6. The normalized spacial score (nSPS) is 10.7. The van der Waals surface area contributed by atoms with E-state index >= 15 is 0 Å². The van der Waals surface area contributed by atoms with Gasteiger partial charge in [-0.15, -0.1) is 11.3 Å². The van der Waals surface area contributed by atoms with E-state index in [2.05, 4.69) is 15.6 Å². The third-order valence-electron chi connectivity index (χ3n) is 4.09. The summed E-state index contributed by atoms with van der Waals surface area (Å²) in [4.78, 5) is 29.0. The van der Waals surface area contributed by atoms with Crippen LogP contribution in [0, 0.1) is 12.7 Å². The number of aryl methyl sites for hydroxylation is 1. The quantitative estimate of drug-likeness (QED) is 0.499. The fraction of sp³-hybridized carbons (Fsp3) is 0.227. The molecule has 0 radical (unpaired) electrons. The van der Waals surface area contributed by atoms with Gasteiger partial charge in [0.2, 0.25) is 5.91 Å². The Morgan fingerprint density at radius 2 is 1.97 bits per heavy atom. The van der Waals surface area contributed by atoms with Crippen molar-refractivity contribution in [1.29, 1.82) is 0 Å². The van der Waals surface area contributed by atoms with E-state index in [1.165, 1.54) is 24.3 Å². The van der Waals surface area contributed by atoms with Crippen LogP contribution in [0.5, 0.6) is 11.5 Å². The maximum absolute atomic E-state index is 13.6. The molecule has 7 nitrogen and oxygen atoms in total. The molecule has 0 fully saturated rings. The summed E-state index contributed by atoms with van der Waals surface area (Å²) in [6.45, 7) is 5.47. The van der Waals surface area contributed by atoms with E-state index in [9.17, 15) is 19.1 Å². The highest BCUT2D eigenvalue weighted by atomic mass is 32.1. The zero-order valence-corrected chi connectivity index (χ0v) is 18.0. The number of aromatic hydroxyl groups is 1. The van der Waals surface area contributed by atoms with Gasteiger partial charge in [0.15, 0.2) is 5.13 Å². The lowest BCUT2D eigenvalue weighted by Gasteiger charge is -2.14. The molecule has 1 heterocycles. The molecule has 0 bridgehead atoms. The second-order valence-corrected chi connectivity index (χ2v) is 8.01. The Labute approximate surface area is 182 Å². The summed E-state index contributed by atoms with van der Waals surface area (Å²) in [6, 6.07) is 8.63. The van der Waals surface area contributed by atoms with Gasteiger partial charge in [0.1, 0.15) is 17.3 Å². The van der Waals surface area contributed by atoms with Crippen molar-refractivity contribution in [3.05, 3.63) is 64.4 Å². The minimum absolute atomic E-state index is 0.0697. The van der Waals surface area contributed by atoms with Crippen LogP contribution in [0.25, 0.3) is 0 Å². The molecule has 9 heteroatoms. The van der Waals surface area contributed by atoms with Crippen LogP contribution in [0.15, 0.2) is 41.8 Å².